The van der Waals surface area contributed by atoms with Crippen LogP contribution in [-0.4, -0.2) is 43.4 Å². The van der Waals surface area contributed by atoms with Crippen LogP contribution in [-0.2, 0) is 20.0 Å². The number of hydrogen-bond donors (Lipinski definition) is 1. The highest BCUT2D eigenvalue weighted by molar-refractivity contribution is 7.71. The van der Waals surface area contributed by atoms with Gasteiger partial charge in [-0.3, -0.25) is 9.58 Å². The molecule has 1 fully saturated rings. The van der Waals surface area contributed by atoms with E-state index in [1.165, 1.54) is 12.8 Å². The summed E-state index contributed by atoms with van der Waals surface area (Å²) in [6, 6.07) is 0.807. The van der Waals surface area contributed by atoms with Gasteiger partial charge in [0.1, 0.15) is 5.52 Å². The number of rotatable bonds is 6. The first-order chi connectivity index (χ1) is 9.65. The molecule has 0 saturated heterocycles. The zero-order chi connectivity index (χ0) is 14.3. The van der Waals surface area contributed by atoms with E-state index >= 15 is 0 Å². The standard InChI is InChI=1S/C14H23N5S/c1-4-11-12-13(17(3)16-11)19(14(20)15-12)9-8-18(5-2)10-6-7-10/h10H,4-9H2,1-3H3,(H,15,20). The summed E-state index contributed by atoms with van der Waals surface area (Å²) in [5.41, 5.74) is 3.33. The summed E-state index contributed by atoms with van der Waals surface area (Å²) in [4.78, 5) is 5.88. The molecule has 0 spiro atoms. The van der Waals surface area contributed by atoms with Crippen LogP contribution in [0, 0.1) is 4.77 Å². The lowest BCUT2D eigenvalue weighted by Gasteiger charge is -2.19. The van der Waals surface area contributed by atoms with Crippen LogP contribution in [0.1, 0.15) is 32.4 Å². The van der Waals surface area contributed by atoms with Crippen LogP contribution in [0.4, 0.5) is 0 Å². The number of nitrogens with one attached hydrogen (secondary N) is 1. The van der Waals surface area contributed by atoms with Gasteiger partial charge in [-0.1, -0.05) is 13.8 Å². The average molecular weight is 293 g/mol. The van der Waals surface area contributed by atoms with E-state index in [0.29, 0.717) is 0 Å². The molecule has 0 atom stereocenters. The van der Waals surface area contributed by atoms with Crippen LogP contribution in [0.2, 0.25) is 0 Å². The molecule has 0 bridgehead atoms. The third-order valence-corrected chi connectivity index (χ3v) is 4.56. The van der Waals surface area contributed by atoms with Crippen LogP contribution in [0.15, 0.2) is 0 Å². The van der Waals surface area contributed by atoms with Crippen LogP contribution >= 0.6 is 12.2 Å². The molecular formula is C14H23N5S. The van der Waals surface area contributed by atoms with Gasteiger partial charge in [-0.25, -0.2) is 0 Å². The van der Waals surface area contributed by atoms with Crippen molar-refractivity contribution in [3.63, 3.8) is 0 Å². The predicted molar refractivity (Wildman–Crippen MR) is 83.5 cm³/mol. The monoisotopic (exact) mass is 293 g/mol. The van der Waals surface area contributed by atoms with Crippen molar-refractivity contribution < 1.29 is 0 Å². The first-order valence-corrected chi connectivity index (χ1v) is 7.95. The number of likely N-dealkylation sites (N-methyl/N-ethyl adjacent to an activating group) is 1. The third-order valence-electron chi connectivity index (χ3n) is 4.24. The smallest absolute Gasteiger partial charge is 0.179 e. The van der Waals surface area contributed by atoms with E-state index in [4.69, 9.17) is 12.2 Å². The molecule has 20 heavy (non-hydrogen) atoms. The summed E-state index contributed by atoms with van der Waals surface area (Å²) in [7, 11) is 2.00. The van der Waals surface area contributed by atoms with E-state index in [2.05, 4.69) is 33.4 Å². The molecule has 1 N–H and O–H groups in total. The van der Waals surface area contributed by atoms with Gasteiger partial charge in [-0.2, -0.15) is 5.10 Å². The zero-order valence-corrected chi connectivity index (χ0v) is 13.3. The zero-order valence-electron chi connectivity index (χ0n) is 12.5. The summed E-state index contributed by atoms with van der Waals surface area (Å²) in [6.07, 6.45) is 3.64. The number of fused-ring (bicyclic) bond motifs is 1. The number of aromatic amines is 1. The summed E-state index contributed by atoms with van der Waals surface area (Å²) in [5, 5.41) is 4.57. The lowest BCUT2D eigenvalue weighted by Crippen LogP contribution is -2.29. The topological polar surface area (TPSA) is 41.8 Å². The van der Waals surface area contributed by atoms with Crippen molar-refractivity contribution in [1.82, 2.24) is 24.2 Å². The molecule has 2 aromatic rings. The summed E-state index contributed by atoms with van der Waals surface area (Å²) >= 11 is 5.49. The third kappa shape index (κ3) is 2.31. The minimum absolute atomic E-state index is 0.807. The summed E-state index contributed by atoms with van der Waals surface area (Å²) < 4.78 is 4.96. The maximum atomic E-state index is 5.49. The maximum Gasteiger partial charge on any atom is 0.179 e. The van der Waals surface area contributed by atoms with Crippen molar-refractivity contribution in [3.05, 3.63) is 10.5 Å². The summed E-state index contributed by atoms with van der Waals surface area (Å²) in [5.74, 6) is 0. The fraction of sp³-hybridized carbons (Fsp3) is 0.714. The van der Waals surface area contributed by atoms with E-state index in [9.17, 15) is 0 Å². The Hall–Kier alpha value is -1.14. The molecule has 0 amide bonds. The average Bonchev–Trinajstić information content (AvgIpc) is 3.15. The lowest BCUT2D eigenvalue weighted by atomic mass is 10.3. The van der Waals surface area contributed by atoms with Crippen LogP contribution in [0.3, 0.4) is 0 Å². The van der Waals surface area contributed by atoms with Crippen molar-refractivity contribution >= 4 is 23.4 Å². The first-order valence-electron chi connectivity index (χ1n) is 7.54. The molecule has 0 unspecified atom stereocenters. The maximum absolute atomic E-state index is 5.49. The molecule has 2 aromatic heterocycles. The van der Waals surface area contributed by atoms with Crippen molar-refractivity contribution in [1.29, 1.82) is 0 Å². The molecule has 1 saturated carbocycles. The predicted octanol–water partition coefficient (Wildman–Crippen LogP) is 2.48. The van der Waals surface area contributed by atoms with Crippen molar-refractivity contribution in [2.45, 2.75) is 45.7 Å². The van der Waals surface area contributed by atoms with Gasteiger partial charge < -0.3 is 9.55 Å². The highest BCUT2D eigenvalue weighted by Gasteiger charge is 2.27. The molecule has 2 heterocycles. The van der Waals surface area contributed by atoms with Gasteiger partial charge in [0.25, 0.3) is 0 Å². The number of H-pyrrole nitrogens is 1. The SMILES string of the molecule is CCc1nn(C)c2c1[nH]c(=S)n2CCN(CC)C1CC1. The van der Waals surface area contributed by atoms with Gasteiger partial charge in [0.15, 0.2) is 10.4 Å². The van der Waals surface area contributed by atoms with E-state index < -0.39 is 0 Å². The molecular weight excluding hydrogens is 270 g/mol. The second kappa shape index (κ2) is 5.33. The second-order valence-electron chi connectivity index (χ2n) is 5.56. The Morgan fingerprint density at radius 1 is 1.40 bits per heavy atom. The van der Waals surface area contributed by atoms with Crippen LogP contribution in [0.5, 0.6) is 0 Å². The molecule has 0 aromatic carbocycles. The molecule has 0 radical (unpaired) electrons. The molecule has 5 nitrogen and oxygen atoms in total. The number of hydrogen-bond acceptors (Lipinski definition) is 3. The molecule has 0 aliphatic heterocycles. The van der Waals surface area contributed by atoms with Gasteiger partial charge in [0.05, 0.1) is 5.69 Å². The van der Waals surface area contributed by atoms with E-state index in [-0.39, 0.29) is 0 Å². The van der Waals surface area contributed by atoms with Crippen molar-refractivity contribution in [2.75, 3.05) is 13.1 Å². The van der Waals surface area contributed by atoms with Crippen LogP contribution in [0.25, 0.3) is 11.2 Å². The quantitative estimate of drug-likeness (QED) is 0.832. The largest absolute Gasteiger partial charge is 0.328 e. The summed E-state index contributed by atoms with van der Waals surface area (Å²) in [6.45, 7) is 7.49. The Balaban J connectivity index is 1.88. The molecule has 1 aliphatic carbocycles. The molecule has 1 aliphatic rings. The van der Waals surface area contributed by atoms with Crippen molar-refractivity contribution in [2.24, 2.45) is 7.05 Å². The minimum atomic E-state index is 0.807. The fourth-order valence-corrected chi connectivity index (χ4v) is 3.28. The minimum Gasteiger partial charge on any atom is -0.328 e. The Morgan fingerprint density at radius 2 is 2.15 bits per heavy atom. The fourth-order valence-electron chi connectivity index (χ4n) is 3.00. The number of imidazole rings is 1. The van der Waals surface area contributed by atoms with E-state index in [1.807, 2.05) is 11.7 Å². The van der Waals surface area contributed by atoms with Gasteiger partial charge in [0.2, 0.25) is 0 Å². The van der Waals surface area contributed by atoms with Crippen molar-refractivity contribution in [3.8, 4) is 0 Å². The first kappa shape index (κ1) is 13.8. The Morgan fingerprint density at radius 3 is 2.75 bits per heavy atom. The van der Waals surface area contributed by atoms with Gasteiger partial charge >= 0.3 is 0 Å². The lowest BCUT2D eigenvalue weighted by molar-refractivity contribution is 0.266. The Bertz CT molecular complexity index is 661. The molecule has 110 valence electrons. The van der Waals surface area contributed by atoms with Gasteiger partial charge in [-0.15, -0.1) is 0 Å². The molecule has 6 heteroatoms. The van der Waals surface area contributed by atoms with Crippen LogP contribution < -0.4 is 0 Å². The van der Waals surface area contributed by atoms with E-state index in [1.54, 1.807) is 0 Å². The molecule has 3 rings (SSSR count). The van der Waals surface area contributed by atoms with Gasteiger partial charge in [0, 0.05) is 26.2 Å². The highest BCUT2D eigenvalue weighted by atomic mass is 32.1. The number of aryl methyl sites for hydroxylation is 2. The number of nitrogens with zero attached hydrogens (tertiary/aromatic N) is 4. The second-order valence-corrected chi connectivity index (χ2v) is 5.95. The Labute approximate surface area is 124 Å². The number of aromatic nitrogens is 4. The highest BCUT2D eigenvalue weighted by Crippen LogP contribution is 2.26. The van der Waals surface area contributed by atoms with E-state index in [0.717, 1.165) is 53.7 Å². The van der Waals surface area contributed by atoms with Gasteiger partial charge in [-0.05, 0) is 38.0 Å². The normalized spacial score (nSPS) is 15.6. The Kier molecular flexibility index (Phi) is 3.69.